The van der Waals surface area contributed by atoms with Crippen molar-refractivity contribution in [3.05, 3.63) is 0 Å². The Morgan fingerprint density at radius 1 is 1.00 bits per heavy atom. The molecule has 0 unspecified atom stereocenters. The van der Waals surface area contributed by atoms with Crippen molar-refractivity contribution in [2.24, 2.45) is 11.3 Å². The summed E-state index contributed by atoms with van der Waals surface area (Å²) in [5.41, 5.74) is 0.654. The molecule has 128 valence electrons. The minimum Gasteiger partial charge on any atom is -0.376 e. The second-order valence-electron chi connectivity index (χ2n) is 8.39. The highest BCUT2D eigenvalue weighted by molar-refractivity contribution is 4.98. The Bertz CT molecular complexity index is 333. The first-order valence-electron chi connectivity index (χ1n) is 9.69. The Balaban J connectivity index is 1.35. The van der Waals surface area contributed by atoms with Gasteiger partial charge in [0.15, 0.2) is 0 Å². The summed E-state index contributed by atoms with van der Waals surface area (Å²) in [6, 6.07) is 0. The number of rotatable bonds is 5. The molecule has 0 bridgehead atoms. The first-order valence-corrected chi connectivity index (χ1v) is 9.69. The van der Waals surface area contributed by atoms with Crippen LogP contribution < -0.4 is 0 Å². The van der Waals surface area contributed by atoms with Crippen LogP contribution in [0, 0.1) is 11.3 Å². The molecule has 0 aromatic heterocycles. The molecular formula is C19H36N2O. The van der Waals surface area contributed by atoms with Crippen molar-refractivity contribution in [2.45, 2.75) is 71.5 Å². The molecule has 3 heteroatoms. The molecule has 0 atom stereocenters. The van der Waals surface area contributed by atoms with Crippen LogP contribution in [0.2, 0.25) is 0 Å². The molecule has 22 heavy (non-hydrogen) atoms. The molecule has 0 aromatic carbocycles. The van der Waals surface area contributed by atoms with E-state index in [4.69, 9.17) is 4.74 Å². The van der Waals surface area contributed by atoms with Gasteiger partial charge in [0.2, 0.25) is 0 Å². The molecule has 0 aromatic rings. The zero-order chi connectivity index (χ0) is 15.6. The number of ether oxygens (including phenoxy) is 1. The van der Waals surface area contributed by atoms with Crippen molar-refractivity contribution in [3.8, 4) is 0 Å². The van der Waals surface area contributed by atoms with Crippen molar-refractivity contribution in [1.29, 1.82) is 0 Å². The van der Waals surface area contributed by atoms with Gasteiger partial charge in [-0.1, -0.05) is 6.92 Å². The van der Waals surface area contributed by atoms with Gasteiger partial charge in [0.05, 0.1) is 12.2 Å². The highest BCUT2D eigenvalue weighted by Gasteiger charge is 2.46. The molecule has 3 nitrogen and oxygen atoms in total. The molecular weight excluding hydrogens is 272 g/mol. The lowest BCUT2D eigenvalue weighted by Crippen LogP contribution is -2.51. The van der Waals surface area contributed by atoms with Crippen molar-refractivity contribution >= 4 is 0 Å². The molecule has 3 aliphatic rings. The van der Waals surface area contributed by atoms with Gasteiger partial charge in [0, 0.05) is 6.54 Å². The Labute approximate surface area is 137 Å². The quantitative estimate of drug-likeness (QED) is 0.774. The standard InChI is InChI=1S/C19H36N2O/c1-4-20-9-5-17(6-10-20)15-21-11-7-19(8-12-21)13-18(14-19)22-16(2)3/h16-18H,4-15H2,1-3H3. The summed E-state index contributed by atoms with van der Waals surface area (Å²) >= 11 is 0. The van der Waals surface area contributed by atoms with Crippen LogP contribution in [0.4, 0.5) is 0 Å². The number of piperidine rings is 2. The number of likely N-dealkylation sites (tertiary alicyclic amines) is 2. The molecule has 0 radical (unpaired) electrons. The summed E-state index contributed by atoms with van der Waals surface area (Å²) in [6.07, 6.45) is 9.28. The lowest BCUT2D eigenvalue weighted by atomic mass is 9.61. The van der Waals surface area contributed by atoms with Crippen molar-refractivity contribution in [2.75, 3.05) is 39.3 Å². The van der Waals surface area contributed by atoms with E-state index in [0.29, 0.717) is 17.6 Å². The van der Waals surface area contributed by atoms with E-state index in [1.54, 1.807) is 0 Å². The molecule has 3 rings (SSSR count). The molecule has 2 saturated heterocycles. The van der Waals surface area contributed by atoms with Crippen LogP contribution in [0.25, 0.3) is 0 Å². The van der Waals surface area contributed by atoms with Gasteiger partial charge in [-0.05, 0) is 96.4 Å². The number of nitrogens with zero attached hydrogens (tertiary/aromatic N) is 2. The molecule has 1 aliphatic carbocycles. The van der Waals surface area contributed by atoms with E-state index in [-0.39, 0.29) is 0 Å². The SMILES string of the molecule is CCN1CCC(CN2CCC3(CC2)CC(OC(C)C)C3)CC1. The minimum atomic E-state index is 0.399. The maximum Gasteiger partial charge on any atom is 0.0589 e. The lowest BCUT2D eigenvalue weighted by Gasteiger charge is -2.52. The Morgan fingerprint density at radius 2 is 1.64 bits per heavy atom. The molecule has 2 aliphatic heterocycles. The molecule has 2 heterocycles. The summed E-state index contributed by atoms with van der Waals surface area (Å²) < 4.78 is 5.96. The van der Waals surface area contributed by atoms with E-state index in [2.05, 4.69) is 30.6 Å². The molecule has 3 fully saturated rings. The van der Waals surface area contributed by atoms with E-state index in [0.717, 1.165) is 5.92 Å². The van der Waals surface area contributed by atoms with Gasteiger partial charge in [-0.2, -0.15) is 0 Å². The Morgan fingerprint density at radius 3 is 2.18 bits per heavy atom. The van der Waals surface area contributed by atoms with Gasteiger partial charge >= 0.3 is 0 Å². The van der Waals surface area contributed by atoms with Crippen LogP contribution in [0.15, 0.2) is 0 Å². The smallest absolute Gasteiger partial charge is 0.0589 e. The van der Waals surface area contributed by atoms with Crippen LogP contribution >= 0.6 is 0 Å². The third kappa shape index (κ3) is 4.04. The van der Waals surface area contributed by atoms with Crippen LogP contribution in [0.1, 0.15) is 59.3 Å². The number of hydrogen-bond acceptors (Lipinski definition) is 3. The highest BCUT2D eigenvalue weighted by Crippen LogP contribution is 2.50. The van der Waals surface area contributed by atoms with Gasteiger partial charge in [-0.15, -0.1) is 0 Å². The van der Waals surface area contributed by atoms with Crippen molar-refractivity contribution < 1.29 is 4.74 Å². The third-order valence-corrected chi connectivity index (χ3v) is 6.37. The zero-order valence-electron chi connectivity index (χ0n) is 15.0. The van der Waals surface area contributed by atoms with Crippen molar-refractivity contribution in [3.63, 3.8) is 0 Å². The van der Waals surface area contributed by atoms with E-state index >= 15 is 0 Å². The molecule has 0 N–H and O–H groups in total. The highest BCUT2D eigenvalue weighted by atomic mass is 16.5. The fourth-order valence-electron chi connectivity index (χ4n) is 4.86. The summed E-state index contributed by atoms with van der Waals surface area (Å²) in [6.45, 7) is 14.5. The second kappa shape index (κ2) is 7.19. The normalized spacial score (nSPS) is 28.4. The van der Waals surface area contributed by atoms with E-state index in [1.165, 1.54) is 77.8 Å². The van der Waals surface area contributed by atoms with Gasteiger partial charge < -0.3 is 14.5 Å². The summed E-state index contributed by atoms with van der Waals surface area (Å²) in [7, 11) is 0. The summed E-state index contributed by atoms with van der Waals surface area (Å²) in [5.74, 6) is 0.954. The predicted molar refractivity (Wildman–Crippen MR) is 92.2 cm³/mol. The van der Waals surface area contributed by atoms with Crippen molar-refractivity contribution in [1.82, 2.24) is 9.80 Å². The average molecular weight is 309 g/mol. The minimum absolute atomic E-state index is 0.399. The summed E-state index contributed by atoms with van der Waals surface area (Å²) in [4.78, 5) is 5.36. The molecule has 0 amide bonds. The van der Waals surface area contributed by atoms with Gasteiger partial charge in [-0.25, -0.2) is 0 Å². The molecule has 1 saturated carbocycles. The maximum absolute atomic E-state index is 5.96. The Kier molecular flexibility index (Phi) is 5.47. The monoisotopic (exact) mass is 308 g/mol. The maximum atomic E-state index is 5.96. The van der Waals surface area contributed by atoms with Crippen LogP contribution in [-0.4, -0.2) is 61.3 Å². The van der Waals surface area contributed by atoms with Gasteiger partial charge in [0.1, 0.15) is 0 Å². The lowest BCUT2D eigenvalue weighted by molar-refractivity contribution is -0.124. The van der Waals surface area contributed by atoms with Crippen LogP contribution in [0.5, 0.6) is 0 Å². The zero-order valence-corrected chi connectivity index (χ0v) is 15.0. The van der Waals surface area contributed by atoms with Crippen LogP contribution in [-0.2, 0) is 4.74 Å². The van der Waals surface area contributed by atoms with Crippen LogP contribution in [0.3, 0.4) is 0 Å². The first-order chi connectivity index (χ1) is 10.6. The van der Waals surface area contributed by atoms with Gasteiger partial charge in [-0.3, -0.25) is 0 Å². The Hall–Kier alpha value is -0.120. The third-order valence-electron chi connectivity index (χ3n) is 6.37. The fourth-order valence-corrected chi connectivity index (χ4v) is 4.86. The van der Waals surface area contributed by atoms with E-state index in [9.17, 15) is 0 Å². The van der Waals surface area contributed by atoms with Gasteiger partial charge in [0.25, 0.3) is 0 Å². The van der Waals surface area contributed by atoms with E-state index < -0.39 is 0 Å². The topological polar surface area (TPSA) is 15.7 Å². The molecule has 1 spiro atoms. The fraction of sp³-hybridized carbons (Fsp3) is 1.00. The first kappa shape index (κ1) is 16.7. The largest absolute Gasteiger partial charge is 0.376 e. The van der Waals surface area contributed by atoms with E-state index in [1.807, 2.05) is 0 Å². The summed E-state index contributed by atoms with van der Waals surface area (Å²) in [5, 5.41) is 0. The predicted octanol–water partition coefficient (Wildman–Crippen LogP) is 3.39. The average Bonchev–Trinajstić information content (AvgIpc) is 2.48. The second-order valence-corrected chi connectivity index (χ2v) is 8.39. The number of hydrogen-bond donors (Lipinski definition) is 0.